The highest BCUT2D eigenvalue weighted by Crippen LogP contribution is 2.32. The van der Waals surface area contributed by atoms with E-state index >= 15 is 0 Å². The maximum atomic E-state index is 6.21. The highest BCUT2D eigenvalue weighted by Gasteiger charge is 2.37. The summed E-state index contributed by atoms with van der Waals surface area (Å²) in [6.45, 7) is 10.2. The van der Waals surface area contributed by atoms with Crippen LogP contribution in [0.4, 0.5) is 17.3 Å². The fraction of sp³-hybridized carbons (Fsp3) is 0.750. The second-order valence-electron chi connectivity index (χ2n) is 7.55. The number of aromatic nitrogens is 2. The maximum Gasteiger partial charge on any atom is 0.155 e. The van der Waals surface area contributed by atoms with Crippen molar-refractivity contribution in [1.82, 2.24) is 15.3 Å². The van der Waals surface area contributed by atoms with E-state index in [0.717, 1.165) is 12.8 Å². The molecule has 0 aliphatic carbocycles. The first-order chi connectivity index (χ1) is 10.7. The molecular weight excluding hydrogens is 292 g/mol. The molecule has 1 aliphatic rings. The molecule has 0 saturated carbocycles. The molecule has 7 nitrogen and oxygen atoms in total. The van der Waals surface area contributed by atoms with Crippen LogP contribution < -0.4 is 21.7 Å². The minimum Gasteiger partial charge on any atom is -0.393 e. The highest BCUT2D eigenvalue weighted by atomic mass is 16.5. The van der Waals surface area contributed by atoms with E-state index in [9.17, 15) is 0 Å². The number of methoxy groups -OCH3 is 1. The van der Waals surface area contributed by atoms with Gasteiger partial charge in [0.2, 0.25) is 0 Å². The van der Waals surface area contributed by atoms with Crippen LogP contribution in [0.2, 0.25) is 0 Å². The van der Waals surface area contributed by atoms with Crippen LogP contribution in [0.25, 0.3) is 0 Å². The van der Waals surface area contributed by atoms with Gasteiger partial charge in [-0.15, -0.1) is 0 Å². The van der Waals surface area contributed by atoms with E-state index < -0.39 is 0 Å². The Morgan fingerprint density at radius 1 is 1.22 bits per heavy atom. The van der Waals surface area contributed by atoms with Crippen molar-refractivity contribution in [2.24, 2.45) is 0 Å². The van der Waals surface area contributed by atoms with Crippen molar-refractivity contribution in [3.8, 4) is 0 Å². The summed E-state index contributed by atoms with van der Waals surface area (Å²) in [7, 11) is 1.67. The molecule has 23 heavy (non-hydrogen) atoms. The van der Waals surface area contributed by atoms with Crippen molar-refractivity contribution in [2.75, 3.05) is 36.6 Å². The van der Waals surface area contributed by atoms with Crippen LogP contribution in [0.15, 0.2) is 6.33 Å². The van der Waals surface area contributed by atoms with Crippen molar-refractivity contribution in [3.63, 3.8) is 0 Å². The zero-order valence-electron chi connectivity index (χ0n) is 14.9. The van der Waals surface area contributed by atoms with Crippen LogP contribution in [0.3, 0.4) is 0 Å². The first-order valence-electron chi connectivity index (χ1n) is 8.12. The third-order valence-corrected chi connectivity index (χ3v) is 4.01. The molecule has 0 bridgehead atoms. The van der Waals surface area contributed by atoms with Crippen molar-refractivity contribution >= 4 is 17.3 Å². The summed E-state index contributed by atoms with van der Waals surface area (Å²) in [5.74, 6) is 1.34. The number of anilines is 3. The Labute approximate surface area is 138 Å². The molecule has 1 saturated heterocycles. The van der Waals surface area contributed by atoms with E-state index in [1.165, 1.54) is 6.33 Å². The number of nitrogens with one attached hydrogen (secondary N) is 3. The molecule has 130 valence electrons. The largest absolute Gasteiger partial charge is 0.393 e. The molecule has 7 heteroatoms. The summed E-state index contributed by atoms with van der Waals surface area (Å²) in [5.41, 5.74) is 6.91. The molecule has 0 amide bonds. The monoisotopic (exact) mass is 322 g/mol. The van der Waals surface area contributed by atoms with Gasteiger partial charge in [-0.3, -0.25) is 0 Å². The minimum atomic E-state index is 0.0702. The third-order valence-electron chi connectivity index (χ3n) is 4.01. The second-order valence-corrected chi connectivity index (χ2v) is 7.55. The molecule has 1 aliphatic heterocycles. The summed E-state index contributed by atoms with van der Waals surface area (Å²) < 4.78 is 5.03. The van der Waals surface area contributed by atoms with Crippen LogP contribution in [-0.4, -0.2) is 47.3 Å². The predicted molar refractivity (Wildman–Crippen MR) is 94.7 cm³/mol. The number of hydrogen-bond acceptors (Lipinski definition) is 7. The Kier molecular flexibility index (Phi) is 5.31. The summed E-state index contributed by atoms with van der Waals surface area (Å²) in [4.78, 5) is 8.52. The van der Waals surface area contributed by atoms with Gasteiger partial charge in [0.25, 0.3) is 0 Å². The maximum absolute atomic E-state index is 6.21. The number of ether oxygens (including phenoxy) is 1. The first-order valence-corrected chi connectivity index (χ1v) is 8.12. The molecule has 0 atom stereocenters. The Bertz CT molecular complexity index is 515. The lowest BCUT2D eigenvalue weighted by Crippen LogP contribution is -2.60. The normalized spacial score (nSPS) is 20.2. The number of nitrogens with zero attached hydrogens (tertiary/aromatic N) is 2. The van der Waals surface area contributed by atoms with Gasteiger partial charge in [-0.2, -0.15) is 0 Å². The first kappa shape index (κ1) is 17.7. The van der Waals surface area contributed by atoms with Gasteiger partial charge in [0.05, 0.1) is 6.61 Å². The Morgan fingerprint density at radius 2 is 1.83 bits per heavy atom. The molecule has 1 aromatic rings. The number of nitrogens with two attached hydrogens (primary N) is 1. The lowest BCUT2D eigenvalue weighted by Gasteiger charge is -2.46. The molecule has 2 rings (SSSR count). The predicted octanol–water partition coefficient (Wildman–Crippen LogP) is 1.84. The number of nitrogen functional groups attached to an aromatic ring is 1. The summed E-state index contributed by atoms with van der Waals surface area (Å²) >= 11 is 0. The minimum absolute atomic E-state index is 0.0702. The Morgan fingerprint density at radius 3 is 2.43 bits per heavy atom. The third kappa shape index (κ3) is 4.94. The fourth-order valence-corrected chi connectivity index (χ4v) is 3.54. The summed E-state index contributed by atoms with van der Waals surface area (Å²) in [6, 6.07) is 0.310. The van der Waals surface area contributed by atoms with E-state index in [2.05, 4.69) is 53.6 Å². The van der Waals surface area contributed by atoms with E-state index in [1.807, 2.05) is 0 Å². The van der Waals surface area contributed by atoms with Gasteiger partial charge in [0.15, 0.2) is 11.6 Å². The van der Waals surface area contributed by atoms with Crippen LogP contribution in [0, 0.1) is 0 Å². The van der Waals surface area contributed by atoms with Gasteiger partial charge in [0, 0.05) is 30.8 Å². The SMILES string of the molecule is COCCNc1ncnc(NC2CC(C)(C)NC(C)(C)C2)c1N. The average Bonchev–Trinajstić information content (AvgIpc) is 2.39. The van der Waals surface area contributed by atoms with Gasteiger partial charge >= 0.3 is 0 Å². The molecule has 5 N–H and O–H groups in total. The second kappa shape index (κ2) is 6.88. The van der Waals surface area contributed by atoms with Crippen molar-refractivity contribution in [2.45, 2.75) is 57.7 Å². The molecule has 0 radical (unpaired) electrons. The van der Waals surface area contributed by atoms with Crippen LogP contribution in [-0.2, 0) is 4.74 Å². The van der Waals surface area contributed by atoms with Crippen molar-refractivity contribution in [3.05, 3.63) is 6.33 Å². The molecule has 0 unspecified atom stereocenters. The molecule has 2 heterocycles. The van der Waals surface area contributed by atoms with E-state index in [1.54, 1.807) is 7.11 Å². The van der Waals surface area contributed by atoms with Crippen LogP contribution >= 0.6 is 0 Å². The lowest BCUT2D eigenvalue weighted by atomic mass is 9.79. The van der Waals surface area contributed by atoms with Gasteiger partial charge in [-0.05, 0) is 40.5 Å². The summed E-state index contributed by atoms with van der Waals surface area (Å²) in [6.07, 6.45) is 3.55. The zero-order valence-corrected chi connectivity index (χ0v) is 14.9. The molecule has 0 spiro atoms. The van der Waals surface area contributed by atoms with E-state index in [4.69, 9.17) is 10.5 Å². The van der Waals surface area contributed by atoms with Crippen molar-refractivity contribution < 1.29 is 4.74 Å². The van der Waals surface area contributed by atoms with Gasteiger partial charge in [-0.1, -0.05) is 0 Å². The quantitative estimate of drug-likeness (QED) is 0.593. The van der Waals surface area contributed by atoms with E-state index in [-0.39, 0.29) is 11.1 Å². The van der Waals surface area contributed by atoms with Crippen LogP contribution in [0.1, 0.15) is 40.5 Å². The average molecular weight is 322 g/mol. The lowest BCUT2D eigenvalue weighted by molar-refractivity contribution is 0.170. The number of piperidine rings is 1. The molecular formula is C16H30N6O. The van der Waals surface area contributed by atoms with Gasteiger partial charge < -0.3 is 26.4 Å². The highest BCUT2D eigenvalue weighted by molar-refractivity contribution is 5.74. The van der Waals surface area contributed by atoms with Crippen molar-refractivity contribution in [1.29, 1.82) is 0 Å². The number of rotatable bonds is 6. The molecule has 0 aromatic carbocycles. The standard InChI is InChI=1S/C16H30N6O/c1-15(2)8-11(9-16(3,4)22-15)21-14-12(17)13(19-10-20-14)18-6-7-23-5/h10-11,22H,6-9,17H2,1-5H3,(H2,18,19,20,21). The molecule has 1 aromatic heterocycles. The van der Waals surface area contributed by atoms with E-state index in [0.29, 0.717) is 36.5 Å². The molecule has 1 fully saturated rings. The smallest absolute Gasteiger partial charge is 0.155 e. The topological polar surface area (TPSA) is 97.1 Å². The zero-order chi connectivity index (χ0) is 17.1. The fourth-order valence-electron chi connectivity index (χ4n) is 3.54. The Hall–Kier alpha value is -1.60. The Balaban J connectivity index is 2.09. The number of hydrogen-bond donors (Lipinski definition) is 4. The summed E-state index contributed by atoms with van der Waals surface area (Å²) in [5, 5.41) is 10.4. The van der Waals surface area contributed by atoms with Gasteiger partial charge in [0.1, 0.15) is 12.0 Å². The van der Waals surface area contributed by atoms with Crippen LogP contribution in [0.5, 0.6) is 0 Å². The van der Waals surface area contributed by atoms with Gasteiger partial charge in [-0.25, -0.2) is 9.97 Å².